The zero-order valence-corrected chi connectivity index (χ0v) is 16.0. The molecule has 5 nitrogen and oxygen atoms in total. The van der Waals surface area contributed by atoms with Crippen LogP contribution in [-0.4, -0.2) is 19.0 Å². The van der Waals surface area contributed by atoms with Crippen LogP contribution in [0.2, 0.25) is 0 Å². The van der Waals surface area contributed by atoms with Gasteiger partial charge in [0.25, 0.3) is 5.91 Å². The summed E-state index contributed by atoms with van der Waals surface area (Å²) in [5, 5.41) is 2.79. The molecule has 0 bridgehead atoms. The Hall–Kier alpha value is -3.12. The van der Waals surface area contributed by atoms with Crippen LogP contribution in [-0.2, 0) is 0 Å². The van der Waals surface area contributed by atoms with Crippen LogP contribution in [0, 0.1) is 0 Å². The van der Waals surface area contributed by atoms with Gasteiger partial charge in [0, 0.05) is 15.7 Å². The number of nitrogens with one attached hydrogen (secondary N) is 1. The lowest BCUT2D eigenvalue weighted by Gasteiger charge is -2.08. The molecule has 1 amide bonds. The van der Waals surface area contributed by atoms with Crippen molar-refractivity contribution in [3.8, 4) is 11.5 Å². The third-order valence-corrected chi connectivity index (χ3v) is 4.28. The first-order chi connectivity index (χ1) is 13.0. The first kappa shape index (κ1) is 18.7. The van der Waals surface area contributed by atoms with E-state index in [-0.39, 0.29) is 5.91 Å². The molecule has 0 spiro atoms. The van der Waals surface area contributed by atoms with Gasteiger partial charge in [-0.05, 0) is 72.8 Å². The summed E-state index contributed by atoms with van der Waals surface area (Å²) in [6, 6.07) is 20.3. The van der Waals surface area contributed by atoms with Gasteiger partial charge in [-0.3, -0.25) is 4.79 Å². The zero-order chi connectivity index (χ0) is 19.2. The quantitative estimate of drug-likeness (QED) is 0.464. The summed E-state index contributed by atoms with van der Waals surface area (Å²) >= 11 is 3.32. The number of hydrogen-bond donors (Lipinski definition) is 1. The van der Waals surface area contributed by atoms with E-state index >= 15 is 0 Å². The molecule has 1 N–H and O–H groups in total. The molecule has 3 aromatic carbocycles. The van der Waals surface area contributed by atoms with Crippen LogP contribution in [0.25, 0.3) is 0 Å². The molecule has 0 aliphatic heterocycles. The van der Waals surface area contributed by atoms with Gasteiger partial charge in [-0.1, -0.05) is 15.9 Å². The van der Waals surface area contributed by atoms with Crippen molar-refractivity contribution >= 4 is 33.5 Å². The number of amides is 1. The Balaban J connectivity index is 1.62. The second-order valence-corrected chi connectivity index (χ2v) is 6.52. The Morgan fingerprint density at radius 2 is 1.33 bits per heavy atom. The second kappa shape index (κ2) is 8.51. The predicted molar refractivity (Wildman–Crippen MR) is 106 cm³/mol. The molecular formula is C21H16BrNO4. The summed E-state index contributed by atoms with van der Waals surface area (Å²) < 4.78 is 11.3. The van der Waals surface area contributed by atoms with Crippen molar-refractivity contribution in [1.82, 2.24) is 0 Å². The highest BCUT2D eigenvalue weighted by molar-refractivity contribution is 9.10. The molecule has 0 aromatic heterocycles. The second-order valence-electron chi connectivity index (χ2n) is 5.60. The normalized spacial score (nSPS) is 10.1. The molecule has 0 saturated heterocycles. The summed E-state index contributed by atoms with van der Waals surface area (Å²) in [6.45, 7) is 0. The highest BCUT2D eigenvalue weighted by Crippen LogP contribution is 2.18. The summed E-state index contributed by atoms with van der Waals surface area (Å²) in [5.41, 5.74) is 1.56. The maximum atomic E-state index is 12.3. The van der Waals surface area contributed by atoms with Crippen LogP contribution in [0.3, 0.4) is 0 Å². The fourth-order valence-electron chi connectivity index (χ4n) is 2.30. The Bertz CT molecular complexity index is 935. The number of hydrogen-bond acceptors (Lipinski definition) is 4. The first-order valence-corrected chi connectivity index (χ1v) is 8.87. The molecule has 0 heterocycles. The van der Waals surface area contributed by atoms with E-state index in [1.807, 2.05) is 0 Å². The number of carbonyl (C=O) groups is 2. The van der Waals surface area contributed by atoms with Crippen LogP contribution >= 0.6 is 15.9 Å². The van der Waals surface area contributed by atoms with Gasteiger partial charge < -0.3 is 14.8 Å². The van der Waals surface area contributed by atoms with Gasteiger partial charge in [-0.25, -0.2) is 4.79 Å². The van der Waals surface area contributed by atoms with Gasteiger partial charge in [0.15, 0.2) is 0 Å². The average molecular weight is 426 g/mol. The van der Waals surface area contributed by atoms with Crippen LogP contribution in [0.15, 0.2) is 77.3 Å². The third kappa shape index (κ3) is 4.95. The molecule has 0 atom stereocenters. The van der Waals surface area contributed by atoms with E-state index in [2.05, 4.69) is 21.2 Å². The van der Waals surface area contributed by atoms with Gasteiger partial charge in [-0.15, -0.1) is 0 Å². The smallest absolute Gasteiger partial charge is 0.343 e. The van der Waals surface area contributed by atoms with Gasteiger partial charge in [0.05, 0.1) is 12.7 Å². The van der Waals surface area contributed by atoms with Crippen LogP contribution in [0.1, 0.15) is 20.7 Å². The third-order valence-electron chi connectivity index (χ3n) is 3.75. The topological polar surface area (TPSA) is 64.6 Å². The molecule has 27 heavy (non-hydrogen) atoms. The van der Waals surface area contributed by atoms with E-state index in [0.29, 0.717) is 28.3 Å². The molecule has 0 radical (unpaired) electrons. The maximum absolute atomic E-state index is 12.3. The van der Waals surface area contributed by atoms with Gasteiger partial charge in [-0.2, -0.15) is 0 Å². The summed E-state index contributed by atoms with van der Waals surface area (Å²) in [5.74, 6) is 0.359. The van der Waals surface area contributed by atoms with Gasteiger partial charge in [0.2, 0.25) is 0 Å². The Labute approximate surface area is 165 Å². The minimum atomic E-state index is -0.460. The van der Waals surface area contributed by atoms with Crippen molar-refractivity contribution in [2.45, 2.75) is 0 Å². The van der Waals surface area contributed by atoms with Crippen molar-refractivity contribution in [2.75, 3.05) is 12.4 Å². The number of rotatable bonds is 5. The maximum Gasteiger partial charge on any atom is 0.343 e. The highest BCUT2D eigenvalue weighted by Gasteiger charge is 2.10. The molecule has 136 valence electrons. The minimum absolute atomic E-state index is 0.258. The van der Waals surface area contributed by atoms with E-state index in [9.17, 15) is 9.59 Å². The van der Waals surface area contributed by atoms with Crippen LogP contribution in [0.5, 0.6) is 11.5 Å². The summed E-state index contributed by atoms with van der Waals surface area (Å²) in [6.07, 6.45) is 0. The lowest BCUT2D eigenvalue weighted by Crippen LogP contribution is -2.12. The van der Waals surface area contributed by atoms with Crippen molar-refractivity contribution in [3.05, 3.63) is 88.4 Å². The molecule has 0 fully saturated rings. The van der Waals surface area contributed by atoms with Crippen molar-refractivity contribution in [3.63, 3.8) is 0 Å². The lowest BCUT2D eigenvalue weighted by molar-refractivity contribution is 0.0734. The largest absolute Gasteiger partial charge is 0.497 e. The standard InChI is InChI=1S/C21H16BrNO4/c1-26-18-12-8-17(9-13-18)23-20(24)14-4-10-19(11-5-14)27-21(25)15-2-6-16(22)7-3-15/h2-13H,1H3,(H,23,24). The van der Waals surface area contributed by atoms with Gasteiger partial charge >= 0.3 is 5.97 Å². The monoisotopic (exact) mass is 425 g/mol. The van der Waals surface area contributed by atoms with Crippen LogP contribution in [0.4, 0.5) is 5.69 Å². The molecule has 0 unspecified atom stereocenters. The molecule has 0 aliphatic rings. The Morgan fingerprint density at radius 1 is 0.778 bits per heavy atom. The fourth-order valence-corrected chi connectivity index (χ4v) is 2.57. The van der Waals surface area contributed by atoms with E-state index < -0.39 is 5.97 Å². The molecule has 0 aliphatic carbocycles. The Morgan fingerprint density at radius 3 is 1.93 bits per heavy atom. The van der Waals surface area contributed by atoms with Crippen molar-refractivity contribution < 1.29 is 19.1 Å². The molecule has 3 rings (SSSR count). The van der Waals surface area contributed by atoms with Crippen molar-refractivity contribution in [2.24, 2.45) is 0 Å². The van der Waals surface area contributed by atoms with Crippen molar-refractivity contribution in [1.29, 1.82) is 0 Å². The number of halogens is 1. The number of esters is 1. The number of methoxy groups -OCH3 is 1. The van der Waals surface area contributed by atoms with E-state index in [0.717, 1.165) is 4.47 Å². The first-order valence-electron chi connectivity index (χ1n) is 8.08. The number of anilines is 1. The minimum Gasteiger partial charge on any atom is -0.497 e. The van der Waals surface area contributed by atoms with E-state index in [4.69, 9.17) is 9.47 Å². The number of benzene rings is 3. The molecule has 6 heteroatoms. The van der Waals surface area contributed by atoms with Crippen LogP contribution < -0.4 is 14.8 Å². The molecular weight excluding hydrogens is 410 g/mol. The highest BCUT2D eigenvalue weighted by atomic mass is 79.9. The molecule has 0 saturated carbocycles. The number of carbonyl (C=O) groups excluding carboxylic acids is 2. The van der Waals surface area contributed by atoms with Gasteiger partial charge in [0.1, 0.15) is 11.5 Å². The average Bonchev–Trinajstić information content (AvgIpc) is 2.69. The fraction of sp³-hybridized carbons (Fsp3) is 0.0476. The predicted octanol–water partition coefficient (Wildman–Crippen LogP) is 4.93. The zero-order valence-electron chi connectivity index (χ0n) is 14.4. The molecule has 3 aromatic rings. The Kier molecular flexibility index (Phi) is 5.88. The summed E-state index contributed by atoms with van der Waals surface area (Å²) in [7, 11) is 1.58. The number of ether oxygens (including phenoxy) is 2. The lowest BCUT2D eigenvalue weighted by atomic mass is 10.2. The summed E-state index contributed by atoms with van der Waals surface area (Å²) in [4.78, 5) is 24.4. The van der Waals surface area contributed by atoms with E-state index in [1.54, 1.807) is 79.9 Å². The van der Waals surface area contributed by atoms with E-state index in [1.165, 1.54) is 0 Å². The SMILES string of the molecule is COc1ccc(NC(=O)c2ccc(OC(=O)c3ccc(Br)cc3)cc2)cc1.